The van der Waals surface area contributed by atoms with E-state index in [1.54, 1.807) is 0 Å². The molecule has 1 aliphatic carbocycles. The summed E-state index contributed by atoms with van der Waals surface area (Å²) in [5.74, 6) is 0.525. The maximum atomic E-state index is 12.3. The molecular formula is C22H26BrN3O. The van der Waals surface area contributed by atoms with Crippen molar-refractivity contribution in [2.45, 2.75) is 37.3 Å². The molecule has 1 aliphatic heterocycles. The van der Waals surface area contributed by atoms with Crippen molar-refractivity contribution in [3.63, 3.8) is 0 Å². The summed E-state index contributed by atoms with van der Waals surface area (Å²) in [7, 11) is 2.20. The van der Waals surface area contributed by atoms with Crippen LogP contribution in [0.4, 0.5) is 5.69 Å². The van der Waals surface area contributed by atoms with E-state index in [1.165, 1.54) is 37.9 Å². The zero-order valence-corrected chi connectivity index (χ0v) is 17.2. The standard InChI is InChI=1S/C22H26BrN3O/c1-26-11-9-19(10-12-26)24-21-14-20(21)15-5-7-18(8-6-15)25-22(27)16-3-2-4-17(23)13-16/h2-8,13,19-21,24H,9-12,14H2,1H3,(H,25,27). The number of amides is 1. The van der Waals surface area contributed by atoms with Crippen molar-refractivity contribution in [1.29, 1.82) is 0 Å². The third-order valence-corrected chi connectivity index (χ3v) is 6.14. The number of nitrogens with zero attached hydrogens (tertiary/aromatic N) is 1. The molecule has 1 saturated heterocycles. The van der Waals surface area contributed by atoms with Crippen LogP contribution in [0.25, 0.3) is 0 Å². The number of rotatable bonds is 5. The number of halogens is 1. The van der Waals surface area contributed by atoms with Gasteiger partial charge in [-0.3, -0.25) is 4.79 Å². The van der Waals surface area contributed by atoms with Crippen molar-refractivity contribution in [1.82, 2.24) is 10.2 Å². The SMILES string of the molecule is CN1CCC(NC2CC2c2ccc(NC(=O)c3cccc(Br)c3)cc2)CC1. The van der Waals surface area contributed by atoms with Crippen LogP contribution >= 0.6 is 15.9 Å². The van der Waals surface area contributed by atoms with Crippen LogP contribution in [0.2, 0.25) is 0 Å². The topological polar surface area (TPSA) is 44.4 Å². The summed E-state index contributed by atoms with van der Waals surface area (Å²) < 4.78 is 0.905. The fourth-order valence-electron chi connectivity index (χ4n) is 3.87. The van der Waals surface area contributed by atoms with Crippen molar-refractivity contribution in [3.05, 3.63) is 64.1 Å². The van der Waals surface area contributed by atoms with E-state index in [0.29, 0.717) is 23.6 Å². The summed E-state index contributed by atoms with van der Waals surface area (Å²) in [5, 5.41) is 6.81. The molecule has 0 radical (unpaired) electrons. The minimum atomic E-state index is -0.0859. The van der Waals surface area contributed by atoms with Crippen molar-refractivity contribution in [3.8, 4) is 0 Å². The van der Waals surface area contributed by atoms with Gasteiger partial charge in [-0.15, -0.1) is 0 Å². The Labute approximate surface area is 169 Å². The number of hydrogen-bond acceptors (Lipinski definition) is 3. The lowest BCUT2D eigenvalue weighted by Crippen LogP contribution is -2.41. The number of carbonyl (C=O) groups excluding carboxylic acids is 1. The molecule has 2 aromatic carbocycles. The maximum Gasteiger partial charge on any atom is 0.255 e. The second-order valence-corrected chi connectivity index (χ2v) is 8.70. The maximum absolute atomic E-state index is 12.3. The zero-order chi connectivity index (χ0) is 18.8. The molecule has 0 bridgehead atoms. The molecule has 2 N–H and O–H groups in total. The largest absolute Gasteiger partial charge is 0.322 e. The molecule has 2 unspecified atom stereocenters. The minimum Gasteiger partial charge on any atom is -0.322 e. The van der Waals surface area contributed by atoms with Crippen LogP contribution in [0.1, 0.15) is 41.1 Å². The highest BCUT2D eigenvalue weighted by Gasteiger charge is 2.39. The normalized spacial score (nSPS) is 23.2. The highest BCUT2D eigenvalue weighted by atomic mass is 79.9. The fraction of sp³-hybridized carbons (Fsp3) is 0.409. The molecule has 5 heteroatoms. The van der Waals surface area contributed by atoms with Gasteiger partial charge >= 0.3 is 0 Å². The van der Waals surface area contributed by atoms with Gasteiger partial charge in [0.1, 0.15) is 0 Å². The minimum absolute atomic E-state index is 0.0859. The summed E-state index contributed by atoms with van der Waals surface area (Å²) in [6.45, 7) is 2.39. The smallest absolute Gasteiger partial charge is 0.255 e. The van der Waals surface area contributed by atoms with Crippen molar-refractivity contribution in [2.24, 2.45) is 0 Å². The first-order valence-corrected chi connectivity index (χ1v) is 10.5. The second kappa shape index (κ2) is 8.13. The Balaban J connectivity index is 1.30. The van der Waals surface area contributed by atoms with Gasteiger partial charge < -0.3 is 15.5 Å². The summed E-state index contributed by atoms with van der Waals surface area (Å²) >= 11 is 3.40. The third kappa shape index (κ3) is 4.78. The number of hydrogen-bond donors (Lipinski definition) is 2. The molecule has 2 atom stereocenters. The van der Waals surface area contributed by atoms with Crippen molar-refractivity contribution < 1.29 is 4.79 Å². The molecule has 4 rings (SSSR count). The Kier molecular flexibility index (Phi) is 5.62. The average molecular weight is 428 g/mol. The van der Waals surface area contributed by atoms with Crippen molar-refractivity contribution in [2.75, 3.05) is 25.5 Å². The molecule has 27 heavy (non-hydrogen) atoms. The Morgan fingerprint density at radius 2 is 1.85 bits per heavy atom. The number of benzene rings is 2. The summed E-state index contributed by atoms with van der Waals surface area (Å²) in [6, 6.07) is 17.0. The lowest BCUT2D eigenvalue weighted by Gasteiger charge is -2.29. The summed E-state index contributed by atoms with van der Waals surface area (Å²) in [6.07, 6.45) is 3.72. The van der Waals surface area contributed by atoms with E-state index < -0.39 is 0 Å². The molecule has 4 nitrogen and oxygen atoms in total. The monoisotopic (exact) mass is 427 g/mol. The zero-order valence-electron chi connectivity index (χ0n) is 15.6. The van der Waals surface area contributed by atoms with E-state index in [0.717, 1.165) is 10.2 Å². The van der Waals surface area contributed by atoms with E-state index in [4.69, 9.17) is 0 Å². The highest BCUT2D eigenvalue weighted by molar-refractivity contribution is 9.10. The first-order chi connectivity index (χ1) is 13.1. The molecule has 0 aromatic heterocycles. The van der Waals surface area contributed by atoms with Gasteiger partial charge in [0.2, 0.25) is 0 Å². The Bertz CT molecular complexity index is 799. The lowest BCUT2D eigenvalue weighted by molar-refractivity contribution is 0.102. The molecule has 2 aromatic rings. The van der Waals surface area contributed by atoms with Gasteiger partial charge in [-0.05, 0) is 75.3 Å². The molecular weight excluding hydrogens is 402 g/mol. The van der Waals surface area contributed by atoms with Crippen LogP contribution in [-0.2, 0) is 0 Å². The van der Waals surface area contributed by atoms with E-state index in [1.807, 2.05) is 36.4 Å². The van der Waals surface area contributed by atoms with Gasteiger partial charge in [0, 0.05) is 33.7 Å². The van der Waals surface area contributed by atoms with Crippen LogP contribution in [0.3, 0.4) is 0 Å². The molecule has 0 spiro atoms. The van der Waals surface area contributed by atoms with Gasteiger partial charge in [-0.2, -0.15) is 0 Å². The van der Waals surface area contributed by atoms with Crippen molar-refractivity contribution >= 4 is 27.5 Å². The van der Waals surface area contributed by atoms with Crippen LogP contribution in [-0.4, -0.2) is 43.0 Å². The van der Waals surface area contributed by atoms with Crippen LogP contribution in [0.15, 0.2) is 53.0 Å². The number of likely N-dealkylation sites (tertiary alicyclic amines) is 1. The molecule has 1 amide bonds. The van der Waals surface area contributed by atoms with Crippen LogP contribution in [0.5, 0.6) is 0 Å². The quantitative estimate of drug-likeness (QED) is 0.749. The Morgan fingerprint density at radius 3 is 2.56 bits per heavy atom. The van der Waals surface area contributed by atoms with E-state index in [-0.39, 0.29) is 5.91 Å². The van der Waals surface area contributed by atoms with Crippen LogP contribution in [0, 0.1) is 0 Å². The first-order valence-electron chi connectivity index (χ1n) is 9.70. The van der Waals surface area contributed by atoms with Gasteiger partial charge in [-0.25, -0.2) is 0 Å². The Morgan fingerprint density at radius 1 is 1.11 bits per heavy atom. The van der Waals surface area contributed by atoms with E-state index in [2.05, 4.69) is 50.6 Å². The van der Waals surface area contributed by atoms with E-state index >= 15 is 0 Å². The summed E-state index contributed by atoms with van der Waals surface area (Å²) in [5.41, 5.74) is 2.85. The number of piperidine rings is 1. The highest BCUT2D eigenvalue weighted by Crippen LogP contribution is 2.41. The molecule has 1 saturated carbocycles. The second-order valence-electron chi connectivity index (χ2n) is 7.78. The predicted molar refractivity (Wildman–Crippen MR) is 113 cm³/mol. The fourth-order valence-corrected chi connectivity index (χ4v) is 4.27. The van der Waals surface area contributed by atoms with E-state index in [9.17, 15) is 4.79 Å². The Hall–Kier alpha value is -1.69. The van der Waals surface area contributed by atoms with Gasteiger partial charge in [0.15, 0.2) is 0 Å². The number of nitrogens with one attached hydrogen (secondary N) is 2. The van der Waals surface area contributed by atoms with Gasteiger partial charge in [0.25, 0.3) is 5.91 Å². The molecule has 2 aliphatic rings. The number of anilines is 1. The average Bonchev–Trinajstić information content (AvgIpc) is 3.43. The third-order valence-electron chi connectivity index (χ3n) is 5.64. The molecule has 1 heterocycles. The van der Waals surface area contributed by atoms with Gasteiger partial charge in [0.05, 0.1) is 0 Å². The molecule has 2 fully saturated rings. The van der Waals surface area contributed by atoms with Gasteiger partial charge in [-0.1, -0.05) is 34.1 Å². The van der Waals surface area contributed by atoms with Crippen LogP contribution < -0.4 is 10.6 Å². The number of carbonyl (C=O) groups is 1. The summed E-state index contributed by atoms with van der Waals surface area (Å²) in [4.78, 5) is 14.8. The molecule has 142 valence electrons. The lowest BCUT2D eigenvalue weighted by atomic mass is 10.0. The predicted octanol–water partition coefficient (Wildman–Crippen LogP) is 4.24. The first kappa shape index (κ1) is 18.7.